The van der Waals surface area contributed by atoms with E-state index >= 15 is 0 Å². The van der Waals surface area contributed by atoms with Crippen LogP contribution in [0, 0.1) is 5.92 Å². The summed E-state index contributed by atoms with van der Waals surface area (Å²) in [5.41, 5.74) is 0. The van der Waals surface area contributed by atoms with Crippen LogP contribution in [0.4, 0.5) is 0 Å². The van der Waals surface area contributed by atoms with Crippen LogP contribution in [0.2, 0.25) is 0 Å². The highest BCUT2D eigenvalue weighted by molar-refractivity contribution is 4.85. The molecule has 3 atom stereocenters. The second-order valence-electron chi connectivity index (χ2n) is 4.86. The molecule has 1 N–H and O–H groups in total. The Kier molecular flexibility index (Phi) is 2.89. The van der Waals surface area contributed by atoms with Crippen LogP contribution in [0.15, 0.2) is 0 Å². The maximum absolute atomic E-state index is 9.47. The molecule has 1 heterocycles. The average molecular weight is 183 g/mol. The van der Waals surface area contributed by atoms with Crippen LogP contribution < -0.4 is 0 Å². The highest BCUT2D eigenvalue weighted by Crippen LogP contribution is 2.27. The van der Waals surface area contributed by atoms with Gasteiger partial charge < -0.3 is 10.0 Å². The third-order valence-electron chi connectivity index (χ3n) is 3.58. The topological polar surface area (TPSA) is 23.5 Å². The molecule has 1 aliphatic carbocycles. The second kappa shape index (κ2) is 3.97. The monoisotopic (exact) mass is 183 g/mol. The number of aliphatic hydroxyl groups excluding tert-OH is 1. The maximum Gasteiger partial charge on any atom is 0.0555 e. The van der Waals surface area contributed by atoms with Gasteiger partial charge in [0, 0.05) is 12.6 Å². The minimum Gasteiger partial charge on any atom is -0.393 e. The molecule has 2 rings (SSSR count). The van der Waals surface area contributed by atoms with Crippen molar-refractivity contribution >= 4 is 0 Å². The summed E-state index contributed by atoms with van der Waals surface area (Å²) in [6, 6.07) is 0.692. The van der Waals surface area contributed by atoms with Crippen molar-refractivity contribution in [3.05, 3.63) is 0 Å². The highest BCUT2D eigenvalue weighted by Gasteiger charge is 2.29. The Morgan fingerprint density at radius 3 is 2.69 bits per heavy atom. The first kappa shape index (κ1) is 9.47. The molecule has 76 valence electrons. The first-order chi connectivity index (χ1) is 6.25. The predicted molar refractivity (Wildman–Crippen MR) is 53.6 cm³/mol. The summed E-state index contributed by atoms with van der Waals surface area (Å²) in [7, 11) is 0. The lowest BCUT2D eigenvalue weighted by Crippen LogP contribution is -2.41. The molecule has 0 aromatic carbocycles. The van der Waals surface area contributed by atoms with Crippen molar-refractivity contribution in [1.82, 2.24) is 4.90 Å². The number of hydrogen-bond donors (Lipinski definition) is 1. The summed E-state index contributed by atoms with van der Waals surface area (Å²) in [6.07, 6.45) is 6.00. The number of nitrogens with zero attached hydrogens (tertiary/aromatic N) is 1. The Morgan fingerprint density at radius 2 is 2.08 bits per heavy atom. The standard InChI is InChI=1S/C11H21NO/c1-9-3-2-6-12(8-9)10-4-5-11(13)7-10/h9-11,13H,2-8H2,1H3. The van der Waals surface area contributed by atoms with Gasteiger partial charge in [0.1, 0.15) is 0 Å². The van der Waals surface area contributed by atoms with Gasteiger partial charge in [-0.3, -0.25) is 0 Å². The summed E-state index contributed by atoms with van der Waals surface area (Å²) < 4.78 is 0. The minimum atomic E-state index is -0.0118. The van der Waals surface area contributed by atoms with Gasteiger partial charge in [-0.2, -0.15) is 0 Å². The van der Waals surface area contributed by atoms with Gasteiger partial charge in [0.25, 0.3) is 0 Å². The van der Waals surface area contributed by atoms with E-state index in [-0.39, 0.29) is 6.10 Å². The average Bonchev–Trinajstić information content (AvgIpc) is 2.52. The lowest BCUT2D eigenvalue weighted by Gasteiger charge is -2.35. The van der Waals surface area contributed by atoms with Gasteiger partial charge in [-0.25, -0.2) is 0 Å². The molecule has 0 amide bonds. The summed E-state index contributed by atoms with van der Waals surface area (Å²) >= 11 is 0. The summed E-state index contributed by atoms with van der Waals surface area (Å²) in [5, 5.41) is 9.47. The Hall–Kier alpha value is -0.0800. The van der Waals surface area contributed by atoms with Crippen molar-refractivity contribution in [3.8, 4) is 0 Å². The van der Waals surface area contributed by atoms with Gasteiger partial charge in [0.15, 0.2) is 0 Å². The van der Waals surface area contributed by atoms with E-state index in [4.69, 9.17) is 0 Å². The van der Waals surface area contributed by atoms with Gasteiger partial charge >= 0.3 is 0 Å². The molecule has 0 bridgehead atoms. The Balaban J connectivity index is 1.85. The van der Waals surface area contributed by atoms with Crippen LogP contribution in [0.25, 0.3) is 0 Å². The number of piperidine rings is 1. The molecular formula is C11H21NO. The summed E-state index contributed by atoms with van der Waals surface area (Å²) in [5.74, 6) is 0.867. The zero-order valence-corrected chi connectivity index (χ0v) is 8.58. The van der Waals surface area contributed by atoms with Gasteiger partial charge in [0.05, 0.1) is 6.10 Å². The number of rotatable bonds is 1. The number of hydrogen-bond acceptors (Lipinski definition) is 2. The van der Waals surface area contributed by atoms with E-state index in [2.05, 4.69) is 11.8 Å². The van der Waals surface area contributed by atoms with Gasteiger partial charge in [-0.05, 0) is 44.6 Å². The SMILES string of the molecule is CC1CCCN(C2CCC(O)C2)C1. The smallest absolute Gasteiger partial charge is 0.0555 e. The molecule has 2 heteroatoms. The lowest BCUT2D eigenvalue weighted by atomic mass is 9.98. The molecule has 0 spiro atoms. The van der Waals surface area contributed by atoms with E-state index in [1.807, 2.05) is 0 Å². The normalized spacial score (nSPS) is 42.5. The van der Waals surface area contributed by atoms with Crippen molar-refractivity contribution in [2.24, 2.45) is 5.92 Å². The minimum absolute atomic E-state index is 0.0118. The zero-order chi connectivity index (χ0) is 9.26. The molecular weight excluding hydrogens is 162 g/mol. The first-order valence-corrected chi connectivity index (χ1v) is 5.68. The molecule has 2 aliphatic rings. The molecule has 0 aromatic heterocycles. The fourth-order valence-corrected chi connectivity index (χ4v) is 2.82. The predicted octanol–water partition coefficient (Wildman–Crippen LogP) is 1.63. The molecule has 0 radical (unpaired) electrons. The van der Waals surface area contributed by atoms with Gasteiger partial charge in [0.2, 0.25) is 0 Å². The van der Waals surface area contributed by atoms with Crippen molar-refractivity contribution in [1.29, 1.82) is 0 Å². The van der Waals surface area contributed by atoms with Crippen LogP contribution in [-0.4, -0.2) is 35.2 Å². The highest BCUT2D eigenvalue weighted by atomic mass is 16.3. The van der Waals surface area contributed by atoms with E-state index in [9.17, 15) is 5.11 Å². The molecule has 13 heavy (non-hydrogen) atoms. The fraction of sp³-hybridized carbons (Fsp3) is 1.00. The van der Waals surface area contributed by atoms with Crippen LogP contribution in [0.1, 0.15) is 39.0 Å². The summed E-state index contributed by atoms with van der Waals surface area (Å²) in [6.45, 7) is 4.87. The number of aliphatic hydroxyl groups is 1. The summed E-state index contributed by atoms with van der Waals surface area (Å²) in [4.78, 5) is 2.60. The Morgan fingerprint density at radius 1 is 1.23 bits per heavy atom. The molecule has 3 unspecified atom stereocenters. The molecule has 1 saturated heterocycles. The third kappa shape index (κ3) is 2.23. The lowest BCUT2D eigenvalue weighted by molar-refractivity contribution is 0.114. The second-order valence-corrected chi connectivity index (χ2v) is 4.86. The van der Waals surface area contributed by atoms with E-state index in [1.165, 1.54) is 32.4 Å². The molecule has 0 aromatic rings. The molecule has 1 saturated carbocycles. The van der Waals surface area contributed by atoms with E-state index < -0.39 is 0 Å². The Labute approximate surface area is 80.9 Å². The molecule has 1 aliphatic heterocycles. The van der Waals surface area contributed by atoms with Crippen LogP contribution >= 0.6 is 0 Å². The third-order valence-corrected chi connectivity index (χ3v) is 3.58. The largest absolute Gasteiger partial charge is 0.393 e. The maximum atomic E-state index is 9.47. The van der Waals surface area contributed by atoms with Crippen LogP contribution in [0.3, 0.4) is 0 Å². The van der Waals surface area contributed by atoms with Gasteiger partial charge in [-0.15, -0.1) is 0 Å². The van der Waals surface area contributed by atoms with Crippen LogP contribution in [-0.2, 0) is 0 Å². The molecule has 2 fully saturated rings. The molecule has 2 nitrogen and oxygen atoms in total. The van der Waals surface area contributed by atoms with Crippen molar-refractivity contribution in [2.75, 3.05) is 13.1 Å². The quantitative estimate of drug-likeness (QED) is 0.668. The van der Waals surface area contributed by atoms with Crippen molar-refractivity contribution < 1.29 is 5.11 Å². The number of likely N-dealkylation sites (tertiary alicyclic amines) is 1. The van der Waals surface area contributed by atoms with Crippen LogP contribution in [0.5, 0.6) is 0 Å². The zero-order valence-electron chi connectivity index (χ0n) is 8.58. The van der Waals surface area contributed by atoms with Crippen molar-refractivity contribution in [2.45, 2.75) is 51.2 Å². The van der Waals surface area contributed by atoms with E-state index in [1.54, 1.807) is 0 Å². The fourth-order valence-electron chi connectivity index (χ4n) is 2.82. The van der Waals surface area contributed by atoms with E-state index in [0.717, 1.165) is 18.8 Å². The Bertz CT molecular complexity index is 171. The first-order valence-electron chi connectivity index (χ1n) is 5.68. The van der Waals surface area contributed by atoms with Crippen molar-refractivity contribution in [3.63, 3.8) is 0 Å². The van der Waals surface area contributed by atoms with E-state index in [0.29, 0.717) is 6.04 Å². The van der Waals surface area contributed by atoms with Gasteiger partial charge in [-0.1, -0.05) is 6.92 Å².